The second kappa shape index (κ2) is 6.39. The molecule has 0 saturated carbocycles. The van der Waals surface area contributed by atoms with Crippen LogP contribution in [0.3, 0.4) is 0 Å². The molecule has 0 radical (unpaired) electrons. The van der Waals surface area contributed by atoms with Crippen molar-refractivity contribution in [3.63, 3.8) is 0 Å². The molecular formula is C12H15BrN2O2. The highest BCUT2D eigenvalue weighted by Gasteiger charge is 2.15. The minimum atomic E-state index is -0.650. The lowest BCUT2D eigenvalue weighted by Gasteiger charge is -2.11. The molecule has 5 heteroatoms. The Morgan fingerprint density at radius 2 is 2.06 bits per heavy atom. The van der Waals surface area contributed by atoms with Crippen LogP contribution in [0, 0.1) is 0 Å². The van der Waals surface area contributed by atoms with Crippen molar-refractivity contribution in [2.75, 3.05) is 5.32 Å². The molecular weight excluding hydrogens is 284 g/mol. The van der Waals surface area contributed by atoms with Gasteiger partial charge in [0.25, 0.3) is 0 Å². The molecule has 2 amide bonds. The SMILES string of the molecule is CC[C@@H](C)NC(=O)C(=O)Nc1cccc(Br)c1. The second-order valence-corrected chi connectivity index (χ2v) is 4.66. The van der Waals surface area contributed by atoms with Crippen molar-refractivity contribution < 1.29 is 9.59 Å². The fraction of sp³-hybridized carbons (Fsp3) is 0.333. The number of amides is 2. The quantitative estimate of drug-likeness (QED) is 0.841. The van der Waals surface area contributed by atoms with Crippen LogP contribution in [0.2, 0.25) is 0 Å². The molecule has 0 aliphatic heterocycles. The summed E-state index contributed by atoms with van der Waals surface area (Å²) in [4.78, 5) is 23.0. The molecule has 0 unspecified atom stereocenters. The Morgan fingerprint density at radius 1 is 1.35 bits per heavy atom. The molecule has 1 rings (SSSR count). The summed E-state index contributed by atoms with van der Waals surface area (Å²) in [5, 5.41) is 5.13. The van der Waals surface area contributed by atoms with Gasteiger partial charge in [0.2, 0.25) is 0 Å². The summed E-state index contributed by atoms with van der Waals surface area (Å²) < 4.78 is 0.845. The summed E-state index contributed by atoms with van der Waals surface area (Å²) in [6.07, 6.45) is 0.788. The van der Waals surface area contributed by atoms with Crippen LogP contribution in [0.4, 0.5) is 5.69 Å². The second-order valence-electron chi connectivity index (χ2n) is 3.75. The van der Waals surface area contributed by atoms with Crippen molar-refractivity contribution in [3.8, 4) is 0 Å². The van der Waals surface area contributed by atoms with E-state index >= 15 is 0 Å². The van der Waals surface area contributed by atoms with Gasteiger partial charge in [0, 0.05) is 16.2 Å². The highest BCUT2D eigenvalue weighted by atomic mass is 79.9. The molecule has 1 aromatic carbocycles. The zero-order valence-electron chi connectivity index (χ0n) is 9.79. The van der Waals surface area contributed by atoms with Crippen LogP contribution < -0.4 is 10.6 Å². The van der Waals surface area contributed by atoms with Gasteiger partial charge in [-0.15, -0.1) is 0 Å². The Balaban J connectivity index is 2.57. The van der Waals surface area contributed by atoms with E-state index in [9.17, 15) is 9.59 Å². The highest BCUT2D eigenvalue weighted by Crippen LogP contribution is 2.15. The van der Waals surface area contributed by atoms with Crippen LogP contribution in [0.1, 0.15) is 20.3 Å². The van der Waals surface area contributed by atoms with E-state index in [0.717, 1.165) is 10.9 Å². The molecule has 4 nitrogen and oxygen atoms in total. The Morgan fingerprint density at radius 3 is 2.65 bits per heavy atom. The Labute approximate surface area is 109 Å². The van der Waals surface area contributed by atoms with E-state index in [1.807, 2.05) is 19.9 Å². The number of carbonyl (C=O) groups excluding carboxylic acids is 2. The largest absolute Gasteiger partial charge is 0.345 e. The van der Waals surface area contributed by atoms with Crippen LogP contribution in [0.25, 0.3) is 0 Å². The number of anilines is 1. The van der Waals surface area contributed by atoms with E-state index in [1.54, 1.807) is 18.2 Å². The van der Waals surface area contributed by atoms with Gasteiger partial charge in [0.15, 0.2) is 0 Å². The average molecular weight is 299 g/mol. The Hall–Kier alpha value is -1.36. The first-order valence-electron chi connectivity index (χ1n) is 5.40. The van der Waals surface area contributed by atoms with Gasteiger partial charge < -0.3 is 10.6 Å². The maximum absolute atomic E-state index is 11.5. The number of rotatable bonds is 3. The van der Waals surface area contributed by atoms with Gasteiger partial charge in [-0.1, -0.05) is 28.9 Å². The van der Waals surface area contributed by atoms with Crippen LogP contribution in [0.5, 0.6) is 0 Å². The van der Waals surface area contributed by atoms with E-state index in [4.69, 9.17) is 0 Å². The maximum Gasteiger partial charge on any atom is 0.313 e. The van der Waals surface area contributed by atoms with Gasteiger partial charge >= 0.3 is 11.8 Å². The first kappa shape index (κ1) is 13.7. The van der Waals surface area contributed by atoms with Gasteiger partial charge in [-0.2, -0.15) is 0 Å². The molecule has 0 aromatic heterocycles. The molecule has 0 bridgehead atoms. The van der Waals surface area contributed by atoms with Crippen molar-refractivity contribution in [3.05, 3.63) is 28.7 Å². The van der Waals surface area contributed by atoms with Crippen molar-refractivity contribution in [2.24, 2.45) is 0 Å². The number of halogens is 1. The summed E-state index contributed by atoms with van der Waals surface area (Å²) in [7, 11) is 0. The topological polar surface area (TPSA) is 58.2 Å². The Kier molecular flexibility index (Phi) is 5.15. The van der Waals surface area contributed by atoms with E-state index < -0.39 is 11.8 Å². The minimum absolute atomic E-state index is 0.00393. The zero-order chi connectivity index (χ0) is 12.8. The van der Waals surface area contributed by atoms with Crippen LogP contribution in [-0.4, -0.2) is 17.9 Å². The minimum Gasteiger partial charge on any atom is -0.345 e. The maximum atomic E-state index is 11.5. The number of hydrogen-bond acceptors (Lipinski definition) is 2. The predicted octanol–water partition coefficient (Wildman–Crippen LogP) is 2.30. The van der Waals surface area contributed by atoms with E-state index in [0.29, 0.717) is 5.69 Å². The van der Waals surface area contributed by atoms with Crippen molar-refractivity contribution >= 4 is 33.4 Å². The summed E-state index contributed by atoms with van der Waals surface area (Å²) in [6.45, 7) is 3.79. The van der Waals surface area contributed by atoms with Crippen molar-refractivity contribution in [2.45, 2.75) is 26.3 Å². The standard InChI is InChI=1S/C12H15BrN2O2/c1-3-8(2)14-11(16)12(17)15-10-6-4-5-9(13)7-10/h4-8H,3H2,1-2H3,(H,14,16)(H,15,17)/t8-/m1/s1. The van der Waals surface area contributed by atoms with Gasteiger partial charge in [0.05, 0.1) is 0 Å². The smallest absolute Gasteiger partial charge is 0.313 e. The lowest BCUT2D eigenvalue weighted by Crippen LogP contribution is -2.40. The van der Waals surface area contributed by atoms with Gasteiger partial charge in [-0.3, -0.25) is 9.59 Å². The van der Waals surface area contributed by atoms with Gasteiger partial charge in [-0.05, 0) is 31.5 Å². The molecule has 0 aliphatic rings. The summed E-state index contributed by atoms with van der Waals surface area (Å²) in [5.74, 6) is -1.26. The molecule has 1 aromatic rings. The van der Waals surface area contributed by atoms with Crippen LogP contribution in [0.15, 0.2) is 28.7 Å². The monoisotopic (exact) mass is 298 g/mol. The van der Waals surface area contributed by atoms with Crippen molar-refractivity contribution in [1.29, 1.82) is 0 Å². The average Bonchev–Trinajstić information content (AvgIpc) is 2.28. The van der Waals surface area contributed by atoms with E-state index in [-0.39, 0.29) is 6.04 Å². The Bertz CT molecular complexity index is 421. The highest BCUT2D eigenvalue weighted by molar-refractivity contribution is 9.10. The lowest BCUT2D eigenvalue weighted by molar-refractivity contribution is -0.136. The van der Waals surface area contributed by atoms with Crippen molar-refractivity contribution in [1.82, 2.24) is 5.32 Å². The lowest BCUT2D eigenvalue weighted by atomic mass is 10.2. The number of hydrogen-bond donors (Lipinski definition) is 2. The molecule has 0 heterocycles. The zero-order valence-corrected chi connectivity index (χ0v) is 11.4. The van der Waals surface area contributed by atoms with Crippen LogP contribution >= 0.6 is 15.9 Å². The summed E-state index contributed by atoms with van der Waals surface area (Å²) in [5.41, 5.74) is 0.587. The fourth-order valence-electron chi connectivity index (χ4n) is 1.15. The molecule has 2 N–H and O–H groups in total. The third-order valence-corrected chi connectivity index (χ3v) is 2.77. The van der Waals surface area contributed by atoms with Gasteiger partial charge in [-0.25, -0.2) is 0 Å². The van der Waals surface area contributed by atoms with Gasteiger partial charge in [0.1, 0.15) is 0 Å². The number of nitrogens with one attached hydrogen (secondary N) is 2. The first-order valence-corrected chi connectivity index (χ1v) is 6.19. The third kappa shape index (κ3) is 4.56. The molecule has 0 spiro atoms. The fourth-order valence-corrected chi connectivity index (χ4v) is 1.54. The first-order chi connectivity index (χ1) is 8.02. The molecule has 17 heavy (non-hydrogen) atoms. The molecule has 92 valence electrons. The summed E-state index contributed by atoms with van der Waals surface area (Å²) >= 11 is 3.29. The number of carbonyl (C=O) groups is 2. The number of benzene rings is 1. The molecule has 1 atom stereocenters. The van der Waals surface area contributed by atoms with Crippen LogP contribution in [-0.2, 0) is 9.59 Å². The summed E-state index contributed by atoms with van der Waals surface area (Å²) in [6, 6.07) is 7.07. The predicted molar refractivity (Wildman–Crippen MR) is 70.7 cm³/mol. The molecule has 0 fully saturated rings. The third-order valence-electron chi connectivity index (χ3n) is 2.28. The molecule has 0 saturated heterocycles. The molecule has 0 aliphatic carbocycles. The normalized spacial score (nSPS) is 11.7. The van der Waals surface area contributed by atoms with E-state index in [1.165, 1.54) is 0 Å². The van der Waals surface area contributed by atoms with E-state index in [2.05, 4.69) is 26.6 Å².